The van der Waals surface area contributed by atoms with E-state index in [1.165, 1.54) is 11.3 Å². The molecule has 2 rings (SSSR count). The summed E-state index contributed by atoms with van der Waals surface area (Å²) in [5.74, 6) is -0.202. The number of anilines is 1. The Morgan fingerprint density at radius 2 is 2.17 bits per heavy atom. The largest absolute Gasteiger partial charge is 0.397 e. The summed E-state index contributed by atoms with van der Waals surface area (Å²) in [6.45, 7) is 0. The van der Waals surface area contributed by atoms with Gasteiger partial charge in [0.2, 0.25) is 0 Å². The molecule has 0 radical (unpaired) electrons. The van der Waals surface area contributed by atoms with Gasteiger partial charge in [-0.25, -0.2) is 4.39 Å². The van der Waals surface area contributed by atoms with Gasteiger partial charge < -0.3 is 5.73 Å². The van der Waals surface area contributed by atoms with Gasteiger partial charge in [0.1, 0.15) is 5.82 Å². The maximum absolute atomic E-state index is 13.4. The molecule has 0 fully saturated rings. The summed E-state index contributed by atoms with van der Waals surface area (Å²) >= 11 is 3.43. The zero-order chi connectivity index (χ0) is 8.72. The molecule has 1 nitrogen and oxygen atoms in total. The molecule has 0 atom stereocenters. The second-order valence-corrected chi connectivity index (χ2v) is 4.50. The summed E-state index contributed by atoms with van der Waals surface area (Å²) in [4.78, 5) is 0. The van der Waals surface area contributed by atoms with E-state index in [-0.39, 0.29) is 5.82 Å². The maximum atomic E-state index is 13.4. The summed E-state index contributed by atoms with van der Waals surface area (Å²) in [5.41, 5.74) is 6.15. The first-order valence-electron chi connectivity index (χ1n) is 3.31. The lowest BCUT2D eigenvalue weighted by Crippen LogP contribution is -1.86. The Hall–Kier alpha value is -0.360. The van der Waals surface area contributed by atoms with Gasteiger partial charge in [-0.15, -0.1) is 11.3 Å². The number of nitrogen functional groups attached to an aromatic ring is 1. The van der Waals surface area contributed by atoms with E-state index < -0.39 is 0 Å². The van der Waals surface area contributed by atoms with Gasteiger partial charge in [-0.3, -0.25) is 0 Å². The normalized spacial score (nSPS) is 10.8. The second kappa shape index (κ2) is 2.85. The van der Waals surface area contributed by atoms with E-state index in [0.29, 0.717) is 14.6 Å². The number of benzene rings is 1. The van der Waals surface area contributed by atoms with Crippen LogP contribution in [0.15, 0.2) is 17.5 Å². The minimum atomic E-state index is -0.202. The molecule has 0 unspecified atom stereocenters. The zero-order valence-electron chi connectivity index (χ0n) is 5.97. The zero-order valence-corrected chi connectivity index (χ0v) is 8.95. The van der Waals surface area contributed by atoms with Gasteiger partial charge in [0.05, 0.1) is 11.1 Å². The average Bonchev–Trinajstić information content (AvgIpc) is 2.41. The summed E-state index contributed by atoms with van der Waals surface area (Å²) in [5, 5.41) is 2.33. The van der Waals surface area contributed by atoms with Crippen LogP contribution in [0.5, 0.6) is 0 Å². The van der Waals surface area contributed by atoms with Crippen LogP contribution in [0.4, 0.5) is 10.1 Å². The van der Waals surface area contributed by atoms with Crippen LogP contribution >= 0.6 is 33.9 Å². The molecule has 0 amide bonds. The van der Waals surface area contributed by atoms with Gasteiger partial charge in [0.15, 0.2) is 0 Å². The van der Waals surface area contributed by atoms with E-state index in [2.05, 4.69) is 0 Å². The van der Waals surface area contributed by atoms with Crippen molar-refractivity contribution in [1.29, 1.82) is 0 Å². The van der Waals surface area contributed by atoms with Crippen molar-refractivity contribution in [3.8, 4) is 0 Å². The van der Waals surface area contributed by atoms with Gasteiger partial charge in [0.25, 0.3) is 0 Å². The van der Waals surface area contributed by atoms with E-state index in [1.54, 1.807) is 11.4 Å². The molecule has 1 heterocycles. The fourth-order valence-electron chi connectivity index (χ4n) is 1.09. The second-order valence-electron chi connectivity index (χ2n) is 2.43. The molecule has 0 spiro atoms. The fourth-order valence-corrected chi connectivity index (χ4v) is 2.38. The highest BCUT2D eigenvalue weighted by Crippen LogP contribution is 2.32. The van der Waals surface area contributed by atoms with E-state index in [4.69, 9.17) is 5.73 Å². The highest BCUT2D eigenvalue weighted by Gasteiger charge is 2.09. The molecule has 62 valence electrons. The van der Waals surface area contributed by atoms with Crippen LogP contribution in [-0.2, 0) is 0 Å². The molecule has 2 aromatic rings. The summed E-state index contributed by atoms with van der Waals surface area (Å²) in [7, 11) is 0. The van der Waals surface area contributed by atoms with E-state index >= 15 is 0 Å². The highest BCUT2D eigenvalue weighted by molar-refractivity contribution is 14.1. The monoisotopic (exact) mass is 293 g/mol. The van der Waals surface area contributed by atoms with E-state index in [9.17, 15) is 4.39 Å². The number of hydrogen-bond donors (Lipinski definition) is 1. The van der Waals surface area contributed by atoms with Crippen LogP contribution in [-0.4, -0.2) is 0 Å². The molecule has 0 aliphatic heterocycles. The molecule has 2 N–H and O–H groups in total. The first-order chi connectivity index (χ1) is 5.70. The molecule has 0 aliphatic rings. The van der Waals surface area contributed by atoms with Crippen molar-refractivity contribution in [2.45, 2.75) is 0 Å². The molecule has 12 heavy (non-hydrogen) atoms. The molecule has 1 aromatic heterocycles. The molecule has 0 aliphatic carbocycles. The standard InChI is InChI=1S/C8H5FINS/c9-8-4(10)1-2-6-7(8)5(11)3-12-6/h1-3H,11H2. The maximum Gasteiger partial charge on any atom is 0.147 e. The van der Waals surface area contributed by atoms with Crippen molar-refractivity contribution < 1.29 is 4.39 Å². The molecule has 0 bridgehead atoms. The van der Waals surface area contributed by atoms with Crippen LogP contribution < -0.4 is 5.73 Å². The molecule has 0 saturated heterocycles. The third kappa shape index (κ3) is 1.09. The molecule has 0 saturated carbocycles. The number of fused-ring (bicyclic) bond motifs is 1. The van der Waals surface area contributed by atoms with Gasteiger partial charge >= 0.3 is 0 Å². The predicted octanol–water partition coefficient (Wildman–Crippen LogP) is 3.23. The predicted molar refractivity (Wildman–Crippen MR) is 58.9 cm³/mol. The van der Waals surface area contributed by atoms with Crippen molar-refractivity contribution in [2.24, 2.45) is 0 Å². The number of hydrogen-bond acceptors (Lipinski definition) is 2. The number of thiophene rings is 1. The molecular weight excluding hydrogens is 288 g/mol. The van der Waals surface area contributed by atoms with Crippen molar-refractivity contribution in [3.05, 3.63) is 26.9 Å². The number of halogens is 2. The number of nitrogens with two attached hydrogens (primary N) is 1. The van der Waals surface area contributed by atoms with Gasteiger partial charge in [-0.2, -0.15) is 0 Å². The topological polar surface area (TPSA) is 26.0 Å². The lowest BCUT2D eigenvalue weighted by Gasteiger charge is -1.96. The Bertz CT molecular complexity index is 438. The highest BCUT2D eigenvalue weighted by atomic mass is 127. The van der Waals surface area contributed by atoms with Gasteiger partial charge in [0, 0.05) is 13.7 Å². The van der Waals surface area contributed by atoms with Crippen LogP contribution in [0, 0.1) is 9.39 Å². The first-order valence-corrected chi connectivity index (χ1v) is 5.26. The minimum Gasteiger partial charge on any atom is -0.397 e. The Morgan fingerprint density at radius 3 is 2.92 bits per heavy atom. The van der Waals surface area contributed by atoms with E-state index in [1.807, 2.05) is 28.7 Å². The molecule has 4 heteroatoms. The Balaban J connectivity index is 2.96. The lowest BCUT2D eigenvalue weighted by molar-refractivity contribution is 0.633. The average molecular weight is 293 g/mol. The lowest BCUT2D eigenvalue weighted by atomic mass is 10.2. The Morgan fingerprint density at radius 1 is 1.42 bits per heavy atom. The smallest absolute Gasteiger partial charge is 0.147 e. The minimum absolute atomic E-state index is 0.202. The number of rotatable bonds is 0. The fraction of sp³-hybridized carbons (Fsp3) is 0. The van der Waals surface area contributed by atoms with Gasteiger partial charge in [-0.05, 0) is 34.7 Å². The molecular formula is C8H5FINS. The third-order valence-electron chi connectivity index (χ3n) is 1.66. The van der Waals surface area contributed by atoms with Gasteiger partial charge in [-0.1, -0.05) is 0 Å². The van der Waals surface area contributed by atoms with E-state index in [0.717, 1.165) is 4.70 Å². The first kappa shape index (κ1) is 8.25. The van der Waals surface area contributed by atoms with Crippen molar-refractivity contribution in [3.63, 3.8) is 0 Å². The summed E-state index contributed by atoms with van der Waals surface area (Å²) in [6, 6.07) is 3.65. The van der Waals surface area contributed by atoms with Crippen LogP contribution in [0.2, 0.25) is 0 Å². The van der Waals surface area contributed by atoms with Crippen molar-refractivity contribution in [2.75, 3.05) is 5.73 Å². The molecule has 1 aromatic carbocycles. The van der Waals surface area contributed by atoms with Crippen LogP contribution in [0.25, 0.3) is 10.1 Å². The SMILES string of the molecule is Nc1csc2ccc(I)c(F)c12. The summed E-state index contributed by atoms with van der Waals surface area (Å²) < 4.78 is 14.9. The summed E-state index contributed by atoms with van der Waals surface area (Å²) in [6.07, 6.45) is 0. The Labute approximate surface area is 86.5 Å². The van der Waals surface area contributed by atoms with Crippen molar-refractivity contribution >= 4 is 49.7 Å². The third-order valence-corrected chi connectivity index (χ3v) is 3.46. The van der Waals surface area contributed by atoms with Crippen LogP contribution in [0.3, 0.4) is 0 Å². The quantitative estimate of drug-likeness (QED) is 0.741. The van der Waals surface area contributed by atoms with Crippen molar-refractivity contribution in [1.82, 2.24) is 0 Å². The Kier molecular flexibility index (Phi) is 1.96. The van der Waals surface area contributed by atoms with Crippen LogP contribution in [0.1, 0.15) is 0 Å².